The Balaban J connectivity index is 1.83. The first kappa shape index (κ1) is 15.1. The third kappa shape index (κ3) is 2.89. The smallest absolute Gasteiger partial charge is 0.147 e. The zero-order chi connectivity index (χ0) is 15.7. The van der Waals surface area contributed by atoms with Gasteiger partial charge in [0.1, 0.15) is 17.5 Å². The van der Waals surface area contributed by atoms with Crippen molar-refractivity contribution >= 4 is 0 Å². The number of likely N-dealkylation sites (tertiary alicyclic amines) is 1. The Bertz CT molecular complexity index is 640. The second kappa shape index (κ2) is 6.14. The molecule has 1 aliphatic rings. The minimum Gasteiger partial charge on any atom is -0.392 e. The summed E-state index contributed by atoms with van der Waals surface area (Å²) in [5, 5.41) is 18.4. The quantitative estimate of drug-likeness (QED) is 0.939. The molecular formula is C16H21FN4O. The number of hydrogen-bond acceptors (Lipinski definition) is 4. The van der Waals surface area contributed by atoms with Crippen LogP contribution in [0.15, 0.2) is 24.3 Å². The van der Waals surface area contributed by atoms with Crippen LogP contribution in [0.2, 0.25) is 0 Å². The van der Waals surface area contributed by atoms with Gasteiger partial charge in [-0.25, -0.2) is 4.39 Å². The molecule has 0 aliphatic carbocycles. The van der Waals surface area contributed by atoms with Crippen molar-refractivity contribution in [1.29, 1.82) is 0 Å². The van der Waals surface area contributed by atoms with Crippen LogP contribution in [0.4, 0.5) is 4.39 Å². The zero-order valence-electron chi connectivity index (χ0n) is 12.9. The molecule has 1 saturated heterocycles. The Morgan fingerprint density at radius 3 is 2.68 bits per heavy atom. The molecule has 0 bridgehead atoms. The number of aromatic nitrogens is 3. The topological polar surface area (TPSA) is 54.2 Å². The van der Waals surface area contributed by atoms with Gasteiger partial charge < -0.3 is 9.67 Å². The third-order valence-corrected chi connectivity index (χ3v) is 4.31. The number of benzene rings is 1. The van der Waals surface area contributed by atoms with Crippen molar-refractivity contribution in [3.05, 3.63) is 47.3 Å². The van der Waals surface area contributed by atoms with E-state index in [0.29, 0.717) is 19.5 Å². The van der Waals surface area contributed by atoms with Gasteiger partial charge in [-0.2, -0.15) is 0 Å². The molecule has 1 N–H and O–H groups in total. The first-order chi connectivity index (χ1) is 10.6. The monoisotopic (exact) mass is 304 g/mol. The molecule has 0 amide bonds. The van der Waals surface area contributed by atoms with Crippen molar-refractivity contribution < 1.29 is 9.50 Å². The van der Waals surface area contributed by atoms with Crippen LogP contribution in [0.25, 0.3) is 0 Å². The first-order valence-electron chi connectivity index (χ1n) is 7.64. The van der Waals surface area contributed by atoms with Crippen molar-refractivity contribution in [1.82, 2.24) is 19.7 Å². The van der Waals surface area contributed by atoms with Crippen LogP contribution in [0, 0.1) is 12.7 Å². The number of hydrogen-bond donors (Lipinski definition) is 1. The van der Waals surface area contributed by atoms with Gasteiger partial charge in [0.05, 0.1) is 12.6 Å². The van der Waals surface area contributed by atoms with E-state index in [0.717, 1.165) is 23.8 Å². The lowest BCUT2D eigenvalue weighted by Crippen LogP contribution is -2.26. The molecular weight excluding hydrogens is 283 g/mol. The van der Waals surface area contributed by atoms with E-state index in [-0.39, 0.29) is 18.0 Å². The second-order valence-electron chi connectivity index (χ2n) is 5.79. The van der Waals surface area contributed by atoms with Crippen LogP contribution >= 0.6 is 0 Å². The fourth-order valence-electron chi connectivity index (χ4n) is 3.22. The van der Waals surface area contributed by atoms with Crippen molar-refractivity contribution in [3.63, 3.8) is 0 Å². The van der Waals surface area contributed by atoms with Crippen LogP contribution in [0.3, 0.4) is 0 Å². The fourth-order valence-corrected chi connectivity index (χ4v) is 3.22. The molecule has 1 aromatic heterocycles. The van der Waals surface area contributed by atoms with Crippen molar-refractivity contribution in [2.24, 2.45) is 0 Å². The van der Waals surface area contributed by atoms with Crippen LogP contribution < -0.4 is 0 Å². The predicted octanol–water partition coefficient (Wildman–Crippen LogP) is 2.05. The van der Waals surface area contributed by atoms with E-state index >= 15 is 0 Å². The number of aryl methyl sites for hydroxylation is 1. The molecule has 1 fully saturated rings. The maximum atomic E-state index is 13.1. The Labute approximate surface area is 129 Å². The van der Waals surface area contributed by atoms with Gasteiger partial charge in [0.2, 0.25) is 0 Å². The average molecular weight is 304 g/mol. The average Bonchev–Trinajstić information content (AvgIpc) is 3.03. The maximum absolute atomic E-state index is 13.1. The highest BCUT2D eigenvalue weighted by atomic mass is 19.1. The molecule has 118 valence electrons. The van der Waals surface area contributed by atoms with Gasteiger partial charge in [-0.3, -0.25) is 4.90 Å². The van der Waals surface area contributed by atoms with E-state index in [2.05, 4.69) is 26.6 Å². The molecule has 1 aromatic carbocycles. The lowest BCUT2D eigenvalue weighted by atomic mass is 10.0. The molecule has 6 heteroatoms. The summed E-state index contributed by atoms with van der Waals surface area (Å²) in [5.74, 6) is 1.56. The number of β-amino-alcohol motifs (C(OH)–C–C–N with tert-alkyl or cyclic N) is 1. The van der Waals surface area contributed by atoms with Gasteiger partial charge >= 0.3 is 0 Å². The van der Waals surface area contributed by atoms with E-state index in [1.165, 1.54) is 12.1 Å². The van der Waals surface area contributed by atoms with Crippen LogP contribution in [-0.4, -0.2) is 37.4 Å². The molecule has 0 unspecified atom stereocenters. The highest BCUT2D eigenvalue weighted by Crippen LogP contribution is 2.33. The summed E-state index contributed by atoms with van der Waals surface area (Å²) < 4.78 is 15.2. The largest absolute Gasteiger partial charge is 0.392 e. The van der Waals surface area contributed by atoms with Gasteiger partial charge in [0.25, 0.3) is 0 Å². The molecule has 1 aliphatic heterocycles. The molecule has 0 spiro atoms. The summed E-state index contributed by atoms with van der Waals surface area (Å²) in [6.07, 6.45) is 0.291. The first-order valence-corrected chi connectivity index (χ1v) is 7.64. The number of aliphatic hydroxyl groups is 1. The Morgan fingerprint density at radius 1 is 1.27 bits per heavy atom. The maximum Gasteiger partial charge on any atom is 0.147 e. The number of aliphatic hydroxyl groups excluding tert-OH is 1. The van der Waals surface area contributed by atoms with Gasteiger partial charge in [0.15, 0.2) is 0 Å². The van der Waals surface area contributed by atoms with E-state index in [1.54, 1.807) is 12.1 Å². The minimum absolute atomic E-state index is 0.0814. The molecule has 0 radical (unpaired) electrons. The van der Waals surface area contributed by atoms with E-state index in [4.69, 9.17) is 0 Å². The molecule has 2 atom stereocenters. The third-order valence-electron chi connectivity index (χ3n) is 4.31. The van der Waals surface area contributed by atoms with Gasteiger partial charge in [0, 0.05) is 19.1 Å². The van der Waals surface area contributed by atoms with Crippen molar-refractivity contribution in [2.45, 2.75) is 45.5 Å². The second-order valence-corrected chi connectivity index (χ2v) is 5.79. The van der Waals surface area contributed by atoms with E-state index in [1.807, 2.05) is 6.92 Å². The summed E-state index contributed by atoms with van der Waals surface area (Å²) in [4.78, 5) is 2.19. The van der Waals surface area contributed by atoms with Crippen LogP contribution in [0.1, 0.15) is 36.6 Å². The summed E-state index contributed by atoms with van der Waals surface area (Å²) in [6.45, 7) is 6.06. The molecule has 22 heavy (non-hydrogen) atoms. The summed E-state index contributed by atoms with van der Waals surface area (Å²) in [5.41, 5.74) is 1.03. The predicted molar refractivity (Wildman–Crippen MR) is 80.6 cm³/mol. The van der Waals surface area contributed by atoms with E-state index in [9.17, 15) is 9.50 Å². The zero-order valence-corrected chi connectivity index (χ0v) is 12.9. The molecule has 2 heterocycles. The Kier molecular flexibility index (Phi) is 4.22. The normalized spacial score (nSPS) is 22.4. The lowest BCUT2D eigenvalue weighted by molar-refractivity contribution is 0.170. The fraction of sp³-hybridized carbons (Fsp3) is 0.500. The standard InChI is InChI=1S/C16H21FN4O/c1-3-21-11(2)18-19-16(21)10-20-9-14(22)8-15(20)12-4-6-13(17)7-5-12/h4-7,14-15,22H,3,8-10H2,1-2H3/t14-,15+/m1/s1. The summed E-state index contributed by atoms with van der Waals surface area (Å²) in [7, 11) is 0. The van der Waals surface area contributed by atoms with Gasteiger partial charge in [-0.05, 0) is 38.0 Å². The summed E-state index contributed by atoms with van der Waals surface area (Å²) in [6, 6.07) is 6.60. The van der Waals surface area contributed by atoms with E-state index < -0.39 is 0 Å². The SMILES string of the molecule is CCn1c(C)nnc1CN1C[C@H](O)C[C@H]1c1ccc(F)cc1. The highest BCUT2D eigenvalue weighted by molar-refractivity contribution is 5.21. The van der Waals surface area contributed by atoms with Crippen molar-refractivity contribution in [2.75, 3.05) is 6.54 Å². The molecule has 2 aromatic rings. The summed E-state index contributed by atoms with van der Waals surface area (Å²) >= 11 is 0. The number of halogens is 1. The Hall–Kier alpha value is -1.79. The van der Waals surface area contributed by atoms with Crippen molar-refractivity contribution in [3.8, 4) is 0 Å². The van der Waals surface area contributed by atoms with Gasteiger partial charge in [-0.1, -0.05) is 12.1 Å². The van der Waals surface area contributed by atoms with Crippen LogP contribution in [0.5, 0.6) is 0 Å². The minimum atomic E-state index is -0.367. The van der Waals surface area contributed by atoms with Gasteiger partial charge in [-0.15, -0.1) is 10.2 Å². The highest BCUT2D eigenvalue weighted by Gasteiger charge is 2.33. The lowest BCUT2D eigenvalue weighted by Gasteiger charge is -2.24. The number of rotatable bonds is 4. The molecule has 3 rings (SSSR count). The van der Waals surface area contributed by atoms with Crippen LogP contribution in [-0.2, 0) is 13.1 Å². The Morgan fingerprint density at radius 2 is 2.00 bits per heavy atom. The number of nitrogens with zero attached hydrogens (tertiary/aromatic N) is 4. The molecule has 5 nitrogen and oxygen atoms in total. The molecule has 0 saturated carbocycles.